The maximum absolute atomic E-state index is 12.3. The van der Waals surface area contributed by atoms with Crippen molar-refractivity contribution >= 4 is 34.9 Å². The van der Waals surface area contributed by atoms with Crippen LogP contribution < -0.4 is 20.9 Å². The van der Waals surface area contributed by atoms with Gasteiger partial charge in [-0.1, -0.05) is 18.2 Å². The van der Waals surface area contributed by atoms with Crippen molar-refractivity contribution in [2.75, 3.05) is 28.6 Å². The molecule has 0 radical (unpaired) electrons. The second-order valence-electron chi connectivity index (χ2n) is 6.74. The van der Waals surface area contributed by atoms with Crippen molar-refractivity contribution in [1.82, 2.24) is 5.32 Å². The molecule has 4 amide bonds. The zero-order valence-corrected chi connectivity index (χ0v) is 16.1. The van der Waals surface area contributed by atoms with Gasteiger partial charge in [0.1, 0.15) is 0 Å². The van der Waals surface area contributed by atoms with Gasteiger partial charge in [0.05, 0.1) is 6.42 Å². The van der Waals surface area contributed by atoms with E-state index in [9.17, 15) is 14.4 Å². The number of hydrogen-bond donors (Lipinski definition) is 3. The highest BCUT2D eigenvalue weighted by molar-refractivity contribution is 5.96. The lowest BCUT2D eigenvalue weighted by molar-refractivity contribution is -0.117. The summed E-state index contributed by atoms with van der Waals surface area (Å²) in [4.78, 5) is 37.5. The van der Waals surface area contributed by atoms with Crippen LogP contribution in [0.4, 0.5) is 21.9 Å². The van der Waals surface area contributed by atoms with Crippen molar-refractivity contribution in [1.29, 1.82) is 0 Å². The second-order valence-corrected chi connectivity index (χ2v) is 6.74. The van der Waals surface area contributed by atoms with E-state index < -0.39 is 0 Å². The predicted molar refractivity (Wildman–Crippen MR) is 114 cm³/mol. The molecule has 0 saturated carbocycles. The Bertz CT molecular complexity index is 891. The van der Waals surface area contributed by atoms with Crippen LogP contribution in [0.25, 0.3) is 0 Å². The molecule has 7 nitrogen and oxygen atoms in total. The fourth-order valence-corrected chi connectivity index (χ4v) is 3.08. The fourth-order valence-electron chi connectivity index (χ4n) is 3.08. The number of rotatable bonds is 7. The zero-order valence-electron chi connectivity index (χ0n) is 16.1. The zero-order chi connectivity index (χ0) is 20.6. The number of urea groups is 1. The van der Waals surface area contributed by atoms with Gasteiger partial charge in [-0.25, -0.2) is 4.79 Å². The molecule has 150 valence electrons. The number of nitrogens with one attached hydrogen (secondary N) is 3. The molecule has 1 saturated heterocycles. The minimum Gasteiger partial charge on any atom is -0.334 e. The first kappa shape index (κ1) is 20.1. The molecule has 3 rings (SSSR count). The van der Waals surface area contributed by atoms with Gasteiger partial charge in [0.15, 0.2) is 0 Å². The Morgan fingerprint density at radius 3 is 2.24 bits per heavy atom. The summed E-state index contributed by atoms with van der Waals surface area (Å²) in [5.74, 6) is 0.00560. The van der Waals surface area contributed by atoms with Crippen molar-refractivity contribution in [3.8, 4) is 0 Å². The third kappa shape index (κ3) is 5.68. The Hall–Kier alpha value is -3.61. The molecule has 0 aliphatic carbocycles. The largest absolute Gasteiger partial charge is 0.334 e. The van der Waals surface area contributed by atoms with Gasteiger partial charge in [-0.2, -0.15) is 0 Å². The molecule has 1 heterocycles. The maximum atomic E-state index is 12.3. The summed E-state index contributed by atoms with van der Waals surface area (Å²) in [5, 5.41) is 8.15. The maximum Gasteiger partial charge on any atom is 0.319 e. The van der Waals surface area contributed by atoms with Gasteiger partial charge in [-0.3, -0.25) is 9.59 Å². The number of amides is 4. The molecule has 1 aliphatic heterocycles. The van der Waals surface area contributed by atoms with Crippen LogP contribution in [0.5, 0.6) is 0 Å². The van der Waals surface area contributed by atoms with Gasteiger partial charge in [0.25, 0.3) is 0 Å². The molecule has 0 unspecified atom stereocenters. The first-order chi connectivity index (χ1) is 14.0. The summed E-state index contributed by atoms with van der Waals surface area (Å²) in [5.41, 5.74) is 3.01. The lowest BCUT2D eigenvalue weighted by Crippen LogP contribution is -2.28. The minimum absolute atomic E-state index is 0.139. The molecule has 0 spiro atoms. The Morgan fingerprint density at radius 2 is 1.66 bits per heavy atom. The Morgan fingerprint density at radius 1 is 1.00 bits per heavy atom. The third-order valence-corrected chi connectivity index (χ3v) is 4.52. The molecule has 7 heteroatoms. The summed E-state index contributed by atoms with van der Waals surface area (Å²) in [7, 11) is 0. The summed E-state index contributed by atoms with van der Waals surface area (Å²) in [6.07, 6.45) is 3.31. The van der Waals surface area contributed by atoms with E-state index in [1.807, 2.05) is 24.3 Å². The molecular formula is C22H24N4O3. The van der Waals surface area contributed by atoms with Gasteiger partial charge in [-0.15, -0.1) is 6.58 Å². The lowest BCUT2D eigenvalue weighted by Gasteiger charge is -2.15. The van der Waals surface area contributed by atoms with E-state index in [4.69, 9.17) is 0 Å². The van der Waals surface area contributed by atoms with E-state index in [1.165, 1.54) is 0 Å². The highest BCUT2D eigenvalue weighted by Gasteiger charge is 2.21. The van der Waals surface area contributed by atoms with Crippen molar-refractivity contribution in [2.24, 2.45) is 0 Å². The average Bonchev–Trinajstić information content (AvgIpc) is 3.14. The van der Waals surface area contributed by atoms with Crippen molar-refractivity contribution in [2.45, 2.75) is 19.3 Å². The van der Waals surface area contributed by atoms with E-state index in [-0.39, 0.29) is 24.3 Å². The molecule has 0 atom stereocenters. The van der Waals surface area contributed by atoms with Crippen LogP contribution in [0, 0.1) is 0 Å². The van der Waals surface area contributed by atoms with Crippen LogP contribution in [0.15, 0.2) is 61.2 Å². The topological polar surface area (TPSA) is 90.5 Å². The van der Waals surface area contributed by atoms with Crippen LogP contribution >= 0.6 is 0 Å². The van der Waals surface area contributed by atoms with E-state index >= 15 is 0 Å². The SMILES string of the molecule is C=CCNC(=O)Nc1ccc(NC(=O)Cc2ccc(N3CCCC3=O)cc2)cc1. The van der Waals surface area contributed by atoms with Gasteiger partial charge in [0, 0.05) is 36.6 Å². The van der Waals surface area contributed by atoms with Gasteiger partial charge < -0.3 is 20.9 Å². The number of carbonyl (C=O) groups is 3. The number of anilines is 3. The summed E-state index contributed by atoms with van der Waals surface area (Å²) in [6.45, 7) is 4.67. The normalized spacial score (nSPS) is 13.1. The Balaban J connectivity index is 1.50. The van der Waals surface area contributed by atoms with Gasteiger partial charge >= 0.3 is 6.03 Å². The monoisotopic (exact) mass is 392 g/mol. The minimum atomic E-state index is -0.319. The lowest BCUT2D eigenvalue weighted by atomic mass is 10.1. The fraction of sp³-hybridized carbons (Fsp3) is 0.227. The Labute approximate surface area is 169 Å². The van der Waals surface area contributed by atoms with Crippen LogP contribution in [0.2, 0.25) is 0 Å². The second kappa shape index (κ2) is 9.54. The highest BCUT2D eigenvalue weighted by atomic mass is 16.2. The van der Waals surface area contributed by atoms with Gasteiger partial charge in [0.2, 0.25) is 11.8 Å². The van der Waals surface area contributed by atoms with Crippen molar-refractivity contribution in [3.05, 3.63) is 66.7 Å². The number of nitrogens with zero attached hydrogens (tertiary/aromatic N) is 1. The highest BCUT2D eigenvalue weighted by Crippen LogP contribution is 2.22. The van der Waals surface area contributed by atoms with Crippen molar-refractivity contribution in [3.63, 3.8) is 0 Å². The number of benzene rings is 2. The molecule has 3 N–H and O–H groups in total. The summed E-state index contributed by atoms with van der Waals surface area (Å²) in [6, 6.07) is 14.1. The average molecular weight is 392 g/mol. The molecule has 0 aromatic heterocycles. The predicted octanol–water partition coefficient (Wildman–Crippen LogP) is 3.30. The quantitative estimate of drug-likeness (QED) is 0.632. The molecule has 2 aromatic carbocycles. The molecular weight excluding hydrogens is 368 g/mol. The summed E-state index contributed by atoms with van der Waals surface area (Å²) >= 11 is 0. The van der Waals surface area contributed by atoms with E-state index in [0.29, 0.717) is 24.3 Å². The van der Waals surface area contributed by atoms with E-state index in [2.05, 4.69) is 22.5 Å². The molecule has 29 heavy (non-hydrogen) atoms. The van der Waals surface area contributed by atoms with Crippen LogP contribution in [0.1, 0.15) is 18.4 Å². The standard InChI is InChI=1S/C22H24N4O3/c1-2-13-23-22(29)25-18-9-7-17(8-10-18)24-20(27)15-16-5-11-19(12-6-16)26-14-3-4-21(26)28/h2,5-12H,1,3-4,13-15H2,(H,24,27)(H2,23,25,29). The first-order valence-electron chi connectivity index (χ1n) is 9.50. The van der Waals surface area contributed by atoms with Crippen LogP contribution in [-0.2, 0) is 16.0 Å². The third-order valence-electron chi connectivity index (χ3n) is 4.52. The Kier molecular flexibility index (Phi) is 6.63. The van der Waals surface area contributed by atoms with E-state index in [0.717, 1.165) is 24.2 Å². The van der Waals surface area contributed by atoms with Crippen molar-refractivity contribution < 1.29 is 14.4 Å². The first-order valence-corrected chi connectivity index (χ1v) is 9.50. The molecule has 1 fully saturated rings. The summed E-state index contributed by atoms with van der Waals surface area (Å²) < 4.78 is 0. The molecule has 2 aromatic rings. The molecule has 1 aliphatic rings. The van der Waals surface area contributed by atoms with Crippen LogP contribution in [-0.4, -0.2) is 30.9 Å². The molecule has 0 bridgehead atoms. The van der Waals surface area contributed by atoms with Gasteiger partial charge in [-0.05, 0) is 48.4 Å². The smallest absolute Gasteiger partial charge is 0.319 e. The van der Waals surface area contributed by atoms with E-state index in [1.54, 1.807) is 35.2 Å². The van der Waals surface area contributed by atoms with Crippen LogP contribution in [0.3, 0.4) is 0 Å². The number of carbonyl (C=O) groups excluding carboxylic acids is 3. The number of hydrogen-bond acceptors (Lipinski definition) is 3.